The maximum Gasteiger partial charge on any atom is 0.573 e. The number of alkyl halides is 3. The summed E-state index contributed by atoms with van der Waals surface area (Å²) in [5, 5.41) is 7.72. The molecule has 1 N–H and O–H groups in total. The fraction of sp³-hybridized carbons (Fsp3) is 0.258. The first-order chi connectivity index (χ1) is 20.9. The van der Waals surface area contributed by atoms with Gasteiger partial charge < -0.3 is 10.1 Å². The molecule has 4 aromatic rings. The molecule has 5 rings (SSSR count). The standard InChI is InChI=1S/C31H29F3N6O3S/c1-18-6-5-7-19(2)27(18)40-26(41)16-44-30(40)37-29(42)36-21(4)20(3)22-8-10-23(11-9-22)28-35-17-39(38-28)24-12-14-25(15-13-24)43-31(32,33)34/h5-15,17,20-21H,16H2,1-4H3,(H,36,42). The molecule has 2 heterocycles. The van der Waals surface area contributed by atoms with E-state index in [2.05, 4.69) is 25.1 Å². The molecule has 0 bridgehead atoms. The number of ether oxygens (including phenoxy) is 1. The van der Waals surface area contributed by atoms with Crippen LogP contribution in [0.15, 0.2) is 78.0 Å². The van der Waals surface area contributed by atoms with E-state index < -0.39 is 12.4 Å². The minimum absolute atomic E-state index is 0.0660. The minimum atomic E-state index is -4.76. The molecular formula is C31H29F3N6O3S. The average molecular weight is 623 g/mol. The van der Waals surface area contributed by atoms with E-state index in [4.69, 9.17) is 0 Å². The van der Waals surface area contributed by atoms with Crippen LogP contribution in [0, 0.1) is 13.8 Å². The number of rotatable bonds is 7. The topological polar surface area (TPSA) is 102 Å². The van der Waals surface area contributed by atoms with Gasteiger partial charge in [0.1, 0.15) is 12.1 Å². The number of amides is 3. The maximum atomic E-state index is 12.9. The predicted molar refractivity (Wildman–Crippen MR) is 163 cm³/mol. The Bertz CT molecular complexity index is 1680. The Morgan fingerprint density at radius 2 is 1.68 bits per heavy atom. The van der Waals surface area contributed by atoms with Gasteiger partial charge in [0.05, 0.1) is 17.1 Å². The summed E-state index contributed by atoms with van der Waals surface area (Å²) in [5.41, 5.74) is 4.84. The highest BCUT2D eigenvalue weighted by Gasteiger charge is 2.33. The first kappa shape index (κ1) is 30.8. The second kappa shape index (κ2) is 12.5. The number of nitrogens with zero attached hydrogens (tertiary/aromatic N) is 5. The van der Waals surface area contributed by atoms with Crippen LogP contribution < -0.4 is 15.0 Å². The van der Waals surface area contributed by atoms with Crippen LogP contribution >= 0.6 is 11.8 Å². The molecule has 1 aromatic heterocycles. The molecule has 228 valence electrons. The number of urea groups is 1. The van der Waals surface area contributed by atoms with Gasteiger partial charge in [0, 0.05) is 17.5 Å². The molecule has 0 radical (unpaired) electrons. The van der Waals surface area contributed by atoms with Crippen LogP contribution in [0.2, 0.25) is 0 Å². The van der Waals surface area contributed by atoms with Gasteiger partial charge in [-0.3, -0.25) is 9.69 Å². The zero-order valence-electron chi connectivity index (χ0n) is 24.3. The van der Waals surface area contributed by atoms with E-state index in [1.807, 2.05) is 70.2 Å². The van der Waals surface area contributed by atoms with Crippen molar-refractivity contribution in [1.82, 2.24) is 20.1 Å². The quantitative estimate of drug-likeness (QED) is 0.244. The molecule has 1 aliphatic rings. The number of amidine groups is 1. The number of nitrogens with one attached hydrogen (secondary N) is 1. The van der Waals surface area contributed by atoms with Gasteiger partial charge in [-0.1, -0.05) is 61.2 Å². The molecule has 1 fully saturated rings. The number of aromatic nitrogens is 3. The summed E-state index contributed by atoms with van der Waals surface area (Å²) < 4.78 is 42.6. The summed E-state index contributed by atoms with van der Waals surface area (Å²) in [6, 6.07) is 17.9. The van der Waals surface area contributed by atoms with E-state index in [1.165, 1.54) is 51.9 Å². The van der Waals surface area contributed by atoms with Gasteiger partial charge in [0.25, 0.3) is 0 Å². The molecule has 0 spiro atoms. The van der Waals surface area contributed by atoms with Crippen molar-refractivity contribution in [1.29, 1.82) is 0 Å². The number of aryl methyl sites for hydroxylation is 2. The molecule has 3 aromatic carbocycles. The third-order valence-corrected chi connectivity index (χ3v) is 8.17. The molecule has 2 unspecified atom stereocenters. The molecule has 1 aliphatic heterocycles. The molecule has 9 nitrogen and oxygen atoms in total. The molecular weight excluding hydrogens is 593 g/mol. The van der Waals surface area contributed by atoms with E-state index in [9.17, 15) is 22.8 Å². The zero-order chi connectivity index (χ0) is 31.6. The third kappa shape index (κ3) is 6.94. The highest BCUT2D eigenvalue weighted by Crippen LogP contribution is 2.32. The lowest BCUT2D eigenvalue weighted by Crippen LogP contribution is -2.36. The van der Waals surface area contributed by atoms with Crippen molar-refractivity contribution in [2.75, 3.05) is 10.7 Å². The lowest BCUT2D eigenvalue weighted by atomic mass is 9.93. The van der Waals surface area contributed by atoms with Gasteiger partial charge in [-0.05, 0) is 61.7 Å². The molecule has 3 amide bonds. The smallest absolute Gasteiger partial charge is 0.406 e. The Labute approximate surface area is 256 Å². The SMILES string of the molecule is Cc1cccc(C)c1N1C(=O)CSC1=NC(=O)NC(C)C(C)c1ccc(-c2ncn(-c3ccc(OC(F)(F)F)cc3)n2)cc1. The Hall–Kier alpha value is -4.65. The molecule has 44 heavy (non-hydrogen) atoms. The summed E-state index contributed by atoms with van der Waals surface area (Å²) in [6.07, 6.45) is -3.29. The number of hydrogen-bond donors (Lipinski definition) is 1. The van der Waals surface area contributed by atoms with Crippen molar-refractivity contribution >= 4 is 34.6 Å². The second-order valence-corrected chi connectivity index (χ2v) is 11.3. The van der Waals surface area contributed by atoms with E-state index in [1.54, 1.807) is 0 Å². The molecule has 13 heteroatoms. The van der Waals surface area contributed by atoms with Crippen molar-refractivity contribution < 1.29 is 27.5 Å². The average Bonchev–Trinajstić information content (AvgIpc) is 3.60. The number of halogens is 3. The van der Waals surface area contributed by atoms with Crippen molar-refractivity contribution in [3.8, 4) is 22.8 Å². The van der Waals surface area contributed by atoms with Crippen molar-refractivity contribution in [2.24, 2.45) is 4.99 Å². The van der Waals surface area contributed by atoms with Crippen LogP contribution in [0.3, 0.4) is 0 Å². The van der Waals surface area contributed by atoms with Crippen molar-refractivity contribution in [3.05, 3.63) is 89.7 Å². The van der Waals surface area contributed by atoms with Crippen LogP contribution in [-0.4, -0.2) is 50.0 Å². The number of anilines is 1. The largest absolute Gasteiger partial charge is 0.573 e. The normalized spacial score (nSPS) is 15.8. The summed E-state index contributed by atoms with van der Waals surface area (Å²) >= 11 is 1.24. The van der Waals surface area contributed by atoms with Gasteiger partial charge in [-0.25, -0.2) is 14.5 Å². The van der Waals surface area contributed by atoms with E-state index >= 15 is 0 Å². The van der Waals surface area contributed by atoms with Gasteiger partial charge >= 0.3 is 12.4 Å². The Kier molecular flexibility index (Phi) is 8.77. The number of para-hydroxylation sites is 1. The first-order valence-electron chi connectivity index (χ1n) is 13.7. The van der Waals surface area contributed by atoms with Crippen LogP contribution in [0.5, 0.6) is 5.75 Å². The van der Waals surface area contributed by atoms with Crippen molar-refractivity contribution in [3.63, 3.8) is 0 Å². The lowest BCUT2D eigenvalue weighted by molar-refractivity contribution is -0.274. The minimum Gasteiger partial charge on any atom is -0.406 e. The number of thioether (sulfide) groups is 1. The summed E-state index contributed by atoms with van der Waals surface area (Å²) in [4.78, 5) is 35.7. The Morgan fingerprint density at radius 1 is 1.02 bits per heavy atom. The number of carbonyl (C=O) groups is 2. The maximum absolute atomic E-state index is 12.9. The number of hydrogen-bond acceptors (Lipinski definition) is 6. The highest BCUT2D eigenvalue weighted by atomic mass is 32.2. The van der Waals surface area contributed by atoms with Gasteiger partial charge in [-0.15, -0.1) is 18.3 Å². The Morgan fingerprint density at radius 3 is 2.32 bits per heavy atom. The summed E-state index contributed by atoms with van der Waals surface area (Å²) in [5.74, 6) is 0.149. The van der Waals surface area contributed by atoms with E-state index in [0.717, 1.165) is 27.9 Å². The summed E-state index contributed by atoms with van der Waals surface area (Å²) in [7, 11) is 0. The second-order valence-electron chi connectivity index (χ2n) is 10.4. The van der Waals surface area contributed by atoms with Gasteiger partial charge in [0.2, 0.25) is 5.91 Å². The van der Waals surface area contributed by atoms with E-state index in [-0.39, 0.29) is 29.4 Å². The Balaban J connectivity index is 1.23. The molecule has 2 atom stereocenters. The highest BCUT2D eigenvalue weighted by molar-refractivity contribution is 8.15. The third-order valence-electron chi connectivity index (χ3n) is 7.25. The zero-order valence-corrected chi connectivity index (χ0v) is 25.1. The fourth-order valence-corrected chi connectivity index (χ4v) is 5.66. The van der Waals surface area contributed by atoms with Crippen molar-refractivity contribution in [2.45, 2.75) is 46.0 Å². The lowest BCUT2D eigenvalue weighted by Gasteiger charge is -2.22. The van der Waals surface area contributed by atoms with Crippen LogP contribution in [0.1, 0.15) is 36.5 Å². The predicted octanol–water partition coefficient (Wildman–Crippen LogP) is 6.79. The van der Waals surface area contributed by atoms with Crippen LogP contribution in [0.4, 0.5) is 23.7 Å². The van der Waals surface area contributed by atoms with Gasteiger partial charge in [-0.2, -0.15) is 4.99 Å². The molecule has 0 aliphatic carbocycles. The monoisotopic (exact) mass is 622 g/mol. The van der Waals surface area contributed by atoms with Gasteiger partial charge in [0.15, 0.2) is 11.0 Å². The fourth-order valence-electron chi connectivity index (χ4n) is 4.81. The van der Waals surface area contributed by atoms with E-state index in [0.29, 0.717) is 16.7 Å². The number of benzene rings is 3. The van der Waals surface area contributed by atoms with Crippen LogP contribution in [-0.2, 0) is 4.79 Å². The summed E-state index contributed by atoms with van der Waals surface area (Å²) in [6.45, 7) is 7.72. The number of carbonyl (C=O) groups excluding carboxylic acids is 2. The molecule has 1 saturated heterocycles. The van der Waals surface area contributed by atoms with Crippen LogP contribution in [0.25, 0.3) is 17.1 Å². The first-order valence-corrected chi connectivity index (χ1v) is 14.7. The number of aliphatic imine (C=N–C) groups is 1. The molecule has 0 saturated carbocycles.